The van der Waals surface area contributed by atoms with Gasteiger partial charge in [0.25, 0.3) is 0 Å². The first kappa shape index (κ1) is 7.97. The van der Waals surface area contributed by atoms with Crippen LogP contribution in [0.1, 0.15) is 0 Å². The molecule has 0 aromatic rings. The molecule has 0 aromatic carbocycles. The van der Waals surface area contributed by atoms with E-state index in [-0.39, 0.29) is 6.10 Å². The smallest absolute Gasteiger partial charge is 0.213 e. The van der Waals surface area contributed by atoms with Crippen LogP contribution in [-0.2, 0) is 20.9 Å². The fraction of sp³-hybridized carbons (Fsp3) is 0.333. The largest absolute Gasteiger partial charge is 0.330 e. The van der Waals surface area contributed by atoms with Crippen molar-refractivity contribution in [1.29, 1.82) is 0 Å². The standard InChI is InChI=1S/C6H7O2PS/c1-3-6-4-5-9(10,7-2)8-6/h1,4-6H,2H3. The zero-order valence-electron chi connectivity index (χ0n) is 5.48. The maximum absolute atomic E-state index is 5.20. The van der Waals surface area contributed by atoms with Crippen molar-refractivity contribution in [2.45, 2.75) is 6.10 Å². The van der Waals surface area contributed by atoms with Gasteiger partial charge in [-0.15, -0.1) is 6.42 Å². The van der Waals surface area contributed by atoms with Crippen LogP contribution in [0.3, 0.4) is 0 Å². The van der Waals surface area contributed by atoms with Crippen molar-refractivity contribution < 1.29 is 9.05 Å². The van der Waals surface area contributed by atoms with Gasteiger partial charge in [0.15, 0.2) is 0 Å². The van der Waals surface area contributed by atoms with E-state index in [0.29, 0.717) is 0 Å². The summed E-state index contributed by atoms with van der Waals surface area (Å²) in [5.74, 6) is 4.17. The van der Waals surface area contributed by atoms with Crippen molar-refractivity contribution >= 4 is 18.3 Å². The Labute approximate surface area is 65.4 Å². The van der Waals surface area contributed by atoms with E-state index in [1.165, 1.54) is 7.11 Å². The van der Waals surface area contributed by atoms with E-state index >= 15 is 0 Å². The minimum atomic E-state index is -2.11. The average Bonchev–Trinajstić information content (AvgIpc) is 2.33. The molecule has 0 aliphatic carbocycles. The van der Waals surface area contributed by atoms with Gasteiger partial charge < -0.3 is 9.05 Å². The van der Waals surface area contributed by atoms with Crippen molar-refractivity contribution in [2.75, 3.05) is 7.11 Å². The summed E-state index contributed by atoms with van der Waals surface area (Å²) in [7, 11) is 1.53. The van der Waals surface area contributed by atoms with Gasteiger partial charge in [0.05, 0.1) is 0 Å². The summed E-state index contributed by atoms with van der Waals surface area (Å²) in [5.41, 5.74) is 0. The minimum absolute atomic E-state index is 0.286. The van der Waals surface area contributed by atoms with E-state index in [1.807, 2.05) is 0 Å². The molecule has 0 aromatic heterocycles. The Kier molecular flexibility index (Phi) is 2.28. The normalized spacial score (nSPS) is 37.8. The zero-order valence-corrected chi connectivity index (χ0v) is 7.19. The van der Waals surface area contributed by atoms with E-state index in [1.54, 1.807) is 11.9 Å². The molecule has 0 fully saturated rings. The Morgan fingerprint density at radius 2 is 2.60 bits per heavy atom. The molecule has 1 rings (SSSR count). The van der Waals surface area contributed by atoms with Gasteiger partial charge in [-0.3, -0.25) is 0 Å². The molecular formula is C6H7O2PS. The van der Waals surface area contributed by atoms with Crippen LogP contribution in [0.5, 0.6) is 0 Å². The average molecular weight is 174 g/mol. The van der Waals surface area contributed by atoms with Crippen molar-refractivity contribution in [3.05, 3.63) is 11.9 Å². The molecule has 0 N–H and O–H groups in total. The summed E-state index contributed by atoms with van der Waals surface area (Å²) < 4.78 is 10.2. The molecule has 0 amide bonds. The summed E-state index contributed by atoms with van der Waals surface area (Å²) in [6.07, 6.45) is 6.57. The molecular weight excluding hydrogens is 167 g/mol. The molecule has 54 valence electrons. The predicted molar refractivity (Wildman–Crippen MR) is 44.1 cm³/mol. The second-order valence-electron chi connectivity index (χ2n) is 1.76. The van der Waals surface area contributed by atoms with Crippen LogP contribution < -0.4 is 0 Å². The Hall–Kier alpha value is -0.130. The topological polar surface area (TPSA) is 18.5 Å². The van der Waals surface area contributed by atoms with Crippen LogP contribution >= 0.6 is 6.49 Å². The molecule has 0 radical (unpaired) electrons. The second-order valence-corrected chi connectivity index (χ2v) is 5.24. The highest BCUT2D eigenvalue weighted by atomic mass is 32.5. The molecule has 0 spiro atoms. The molecule has 1 aliphatic heterocycles. The summed E-state index contributed by atoms with van der Waals surface area (Å²) in [6, 6.07) is 0. The molecule has 1 aliphatic rings. The zero-order chi connectivity index (χ0) is 7.61. The van der Waals surface area contributed by atoms with Gasteiger partial charge in [0.1, 0.15) is 6.10 Å². The highest BCUT2D eigenvalue weighted by molar-refractivity contribution is 8.11. The molecule has 2 atom stereocenters. The molecule has 4 heteroatoms. The van der Waals surface area contributed by atoms with Crippen LogP contribution in [-0.4, -0.2) is 13.2 Å². The van der Waals surface area contributed by atoms with E-state index in [2.05, 4.69) is 5.92 Å². The Morgan fingerprint density at radius 1 is 1.90 bits per heavy atom. The quantitative estimate of drug-likeness (QED) is 0.443. The highest BCUT2D eigenvalue weighted by Gasteiger charge is 2.23. The molecule has 0 saturated heterocycles. The molecule has 2 unspecified atom stereocenters. The maximum atomic E-state index is 5.20. The Balaban J connectivity index is 2.71. The van der Waals surface area contributed by atoms with Gasteiger partial charge in [-0.1, -0.05) is 5.92 Å². The lowest BCUT2D eigenvalue weighted by atomic mass is 10.4. The van der Waals surface area contributed by atoms with Crippen LogP contribution in [0.2, 0.25) is 0 Å². The van der Waals surface area contributed by atoms with Crippen molar-refractivity contribution in [3.63, 3.8) is 0 Å². The third-order valence-corrected chi connectivity index (χ3v) is 3.76. The van der Waals surface area contributed by atoms with Crippen LogP contribution in [0.25, 0.3) is 0 Å². The van der Waals surface area contributed by atoms with Crippen molar-refractivity contribution in [2.24, 2.45) is 0 Å². The number of rotatable bonds is 1. The fourth-order valence-electron chi connectivity index (χ4n) is 0.602. The van der Waals surface area contributed by atoms with Gasteiger partial charge in [-0.25, -0.2) is 0 Å². The second kappa shape index (κ2) is 2.86. The van der Waals surface area contributed by atoms with Gasteiger partial charge in [0, 0.05) is 7.11 Å². The summed E-state index contributed by atoms with van der Waals surface area (Å²) in [6.45, 7) is -2.11. The molecule has 10 heavy (non-hydrogen) atoms. The summed E-state index contributed by atoms with van der Waals surface area (Å²) in [5, 5.41) is 0. The third-order valence-electron chi connectivity index (χ3n) is 1.12. The predicted octanol–water partition coefficient (Wildman–Crippen LogP) is 1.49. The lowest BCUT2D eigenvalue weighted by molar-refractivity contribution is 0.289. The maximum Gasteiger partial charge on any atom is 0.213 e. The minimum Gasteiger partial charge on any atom is -0.330 e. The van der Waals surface area contributed by atoms with Gasteiger partial charge in [0.2, 0.25) is 6.49 Å². The fourth-order valence-corrected chi connectivity index (χ4v) is 2.18. The van der Waals surface area contributed by atoms with Crippen molar-refractivity contribution in [1.82, 2.24) is 0 Å². The molecule has 0 saturated carbocycles. The van der Waals surface area contributed by atoms with Gasteiger partial charge >= 0.3 is 0 Å². The lowest BCUT2D eigenvalue weighted by Gasteiger charge is -2.11. The number of hydrogen-bond donors (Lipinski definition) is 0. The monoisotopic (exact) mass is 174 g/mol. The lowest BCUT2D eigenvalue weighted by Crippen LogP contribution is -1.97. The van der Waals surface area contributed by atoms with Crippen molar-refractivity contribution in [3.8, 4) is 12.3 Å². The number of terminal acetylenes is 1. The number of hydrogen-bond acceptors (Lipinski definition) is 3. The first-order valence-corrected chi connectivity index (χ1v) is 5.40. The van der Waals surface area contributed by atoms with Gasteiger partial charge in [-0.05, 0) is 23.7 Å². The Morgan fingerprint density at radius 3 is 2.90 bits per heavy atom. The summed E-state index contributed by atoms with van der Waals surface area (Å²) >= 11 is 5.00. The van der Waals surface area contributed by atoms with Gasteiger partial charge in [-0.2, -0.15) is 0 Å². The van der Waals surface area contributed by atoms with E-state index in [0.717, 1.165) is 0 Å². The molecule has 2 nitrogen and oxygen atoms in total. The highest BCUT2D eigenvalue weighted by Crippen LogP contribution is 2.54. The summed E-state index contributed by atoms with van der Waals surface area (Å²) in [4.78, 5) is 0. The SMILES string of the molecule is C#CC1C=CP(=S)(OC)O1. The van der Waals surface area contributed by atoms with Crippen LogP contribution in [0.4, 0.5) is 0 Å². The van der Waals surface area contributed by atoms with E-state index < -0.39 is 6.49 Å². The first-order chi connectivity index (χ1) is 4.70. The Bertz CT molecular complexity index is 241. The molecule has 0 bridgehead atoms. The van der Waals surface area contributed by atoms with Crippen LogP contribution in [0.15, 0.2) is 11.9 Å². The molecule has 1 heterocycles. The van der Waals surface area contributed by atoms with E-state index in [4.69, 9.17) is 27.3 Å². The first-order valence-electron chi connectivity index (χ1n) is 2.69. The van der Waals surface area contributed by atoms with Crippen LogP contribution in [0, 0.1) is 12.3 Å². The van der Waals surface area contributed by atoms with E-state index in [9.17, 15) is 0 Å². The third kappa shape index (κ3) is 1.47.